The minimum atomic E-state index is -0.280. The predicted molar refractivity (Wildman–Crippen MR) is 62.7 cm³/mol. The maximum atomic E-state index is 13.0. The molecular weight excluding hydrogens is 221 g/mol. The van der Waals surface area contributed by atoms with Crippen LogP contribution in [0.4, 0.5) is 10.1 Å². The van der Waals surface area contributed by atoms with Crippen molar-refractivity contribution in [1.82, 2.24) is 9.78 Å². The molecule has 0 aliphatic carbocycles. The first kappa shape index (κ1) is 11.4. The fourth-order valence-electron chi connectivity index (χ4n) is 1.78. The summed E-state index contributed by atoms with van der Waals surface area (Å²) in [7, 11) is 0. The van der Waals surface area contributed by atoms with Gasteiger partial charge in [-0.05, 0) is 36.7 Å². The van der Waals surface area contributed by atoms with E-state index in [1.54, 1.807) is 24.6 Å². The van der Waals surface area contributed by atoms with Gasteiger partial charge in [0.15, 0.2) is 5.69 Å². The Morgan fingerprint density at radius 2 is 2.18 bits per heavy atom. The monoisotopic (exact) mass is 233 g/mol. The molecule has 0 N–H and O–H groups in total. The minimum Gasteiger partial charge on any atom is -0.263 e. The summed E-state index contributed by atoms with van der Waals surface area (Å²) >= 11 is 0. The molecular formula is C12H12FN3O. The first-order chi connectivity index (χ1) is 8.11. The number of halogens is 1. The summed E-state index contributed by atoms with van der Waals surface area (Å²) in [5, 5.41) is 7.15. The number of nitroso groups, excluding NO2 is 1. The Labute approximate surface area is 98.1 Å². The van der Waals surface area contributed by atoms with Crippen LogP contribution in [0.3, 0.4) is 0 Å². The molecule has 0 saturated carbocycles. The van der Waals surface area contributed by atoms with Crippen LogP contribution in [0.25, 0.3) is 0 Å². The van der Waals surface area contributed by atoms with Gasteiger partial charge in [0.1, 0.15) is 5.82 Å². The molecule has 0 unspecified atom stereocenters. The van der Waals surface area contributed by atoms with Gasteiger partial charge in [0, 0.05) is 0 Å². The first-order valence-electron chi connectivity index (χ1n) is 5.23. The van der Waals surface area contributed by atoms with Crippen molar-refractivity contribution in [3.63, 3.8) is 0 Å². The van der Waals surface area contributed by atoms with E-state index in [9.17, 15) is 9.30 Å². The van der Waals surface area contributed by atoms with Crippen molar-refractivity contribution in [1.29, 1.82) is 0 Å². The SMILES string of the molecule is Cc1nn(Cc2cccc(F)c2)c(C)c1N=O. The second-order valence-corrected chi connectivity index (χ2v) is 3.90. The van der Waals surface area contributed by atoms with E-state index in [-0.39, 0.29) is 5.82 Å². The van der Waals surface area contributed by atoms with Crippen LogP contribution >= 0.6 is 0 Å². The molecule has 0 fully saturated rings. The van der Waals surface area contributed by atoms with Gasteiger partial charge in [0.25, 0.3) is 0 Å². The Bertz CT molecular complexity index is 563. The fourth-order valence-corrected chi connectivity index (χ4v) is 1.78. The minimum absolute atomic E-state index is 0.280. The zero-order valence-electron chi connectivity index (χ0n) is 9.64. The van der Waals surface area contributed by atoms with Crippen molar-refractivity contribution in [2.24, 2.45) is 5.18 Å². The molecule has 0 saturated heterocycles. The molecule has 0 spiro atoms. The van der Waals surface area contributed by atoms with Crippen molar-refractivity contribution in [2.75, 3.05) is 0 Å². The van der Waals surface area contributed by atoms with Crippen LogP contribution in [0.15, 0.2) is 29.4 Å². The van der Waals surface area contributed by atoms with Gasteiger partial charge < -0.3 is 0 Å². The highest BCUT2D eigenvalue weighted by atomic mass is 19.1. The zero-order valence-corrected chi connectivity index (χ0v) is 9.64. The predicted octanol–water partition coefficient (Wildman–Crippen LogP) is 3.09. The molecule has 0 aliphatic heterocycles. The van der Waals surface area contributed by atoms with E-state index in [0.29, 0.717) is 23.6 Å². The molecule has 0 amide bonds. The quantitative estimate of drug-likeness (QED) is 0.765. The Balaban J connectivity index is 2.33. The lowest BCUT2D eigenvalue weighted by molar-refractivity contribution is 0.616. The molecule has 17 heavy (non-hydrogen) atoms. The topological polar surface area (TPSA) is 47.2 Å². The lowest BCUT2D eigenvalue weighted by Crippen LogP contribution is -2.04. The summed E-state index contributed by atoms with van der Waals surface area (Å²) < 4.78 is 14.7. The normalized spacial score (nSPS) is 10.5. The summed E-state index contributed by atoms with van der Waals surface area (Å²) in [5.41, 5.74) is 2.45. The van der Waals surface area contributed by atoms with Crippen molar-refractivity contribution >= 4 is 5.69 Å². The van der Waals surface area contributed by atoms with Crippen LogP contribution in [0.5, 0.6) is 0 Å². The summed E-state index contributed by atoms with van der Waals surface area (Å²) in [5.74, 6) is -0.280. The van der Waals surface area contributed by atoms with Crippen LogP contribution in [0, 0.1) is 24.6 Å². The lowest BCUT2D eigenvalue weighted by Gasteiger charge is -2.04. The number of hydrogen-bond acceptors (Lipinski definition) is 3. The third-order valence-electron chi connectivity index (χ3n) is 2.66. The number of benzene rings is 1. The van der Waals surface area contributed by atoms with E-state index in [1.165, 1.54) is 12.1 Å². The van der Waals surface area contributed by atoms with Crippen LogP contribution < -0.4 is 0 Å². The average Bonchev–Trinajstić information content (AvgIpc) is 2.54. The highest BCUT2D eigenvalue weighted by Gasteiger charge is 2.12. The number of aryl methyl sites for hydroxylation is 1. The van der Waals surface area contributed by atoms with Crippen LogP contribution in [-0.2, 0) is 6.54 Å². The molecule has 5 heteroatoms. The van der Waals surface area contributed by atoms with Gasteiger partial charge in [-0.25, -0.2) is 4.39 Å². The van der Waals surface area contributed by atoms with Gasteiger partial charge >= 0.3 is 0 Å². The molecule has 2 rings (SSSR count). The molecule has 4 nitrogen and oxygen atoms in total. The number of hydrogen-bond donors (Lipinski definition) is 0. The second kappa shape index (κ2) is 4.45. The highest BCUT2D eigenvalue weighted by Crippen LogP contribution is 2.23. The largest absolute Gasteiger partial charge is 0.263 e. The molecule has 0 bridgehead atoms. The number of aromatic nitrogens is 2. The van der Waals surface area contributed by atoms with Crippen molar-refractivity contribution in [3.05, 3.63) is 51.9 Å². The molecule has 0 radical (unpaired) electrons. The van der Waals surface area contributed by atoms with Crippen LogP contribution in [0.1, 0.15) is 17.0 Å². The van der Waals surface area contributed by atoms with Crippen molar-refractivity contribution in [3.8, 4) is 0 Å². The van der Waals surface area contributed by atoms with Crippen molar-refractivity contribution < 1.29 is 4.39 Å². The van der Waals surface area contributed by atoms with Gasteiger partial charge in [-0.1, -0.05) is 12.1 Å². The molecule has 1 aromatic carbocycles. The standard InChI is InChI=1S/C12H12FN3O/c1-8-12(15-17)9(2)16(14-8)7-10-4-3-5-11(13)6-10/h3-6H,7H2,1-2H3. The smallest absolute Gasteiger partial charge is 0.151 e. The summed E-state index contributed by atoms with van der Waals surface area (Å²) in [6.45, 7) is 3.93. The van der Waals surface area contributed by atoms with Gasteiger partial charge in [0.2, 0.25) is 0 Å². The Morgan fingerprint density at radius 1 is 1.41 bits per heavy atom. The van der Waals surface area contributed by atoms with Crippen LogP contribution in [-0.4, -0.2) is 9.78 Å². The summed E-state index contributed by atoms with van der Waals surface area (Å²) in [6, 6.07) is 6.30. The third kappa shape index (κ3) is 2.22. The van der Waals surface area contributed by atoms with Crippen LogP contribution in [0.2, 0.25) is 0 Å². The molecule has 1 heterocycles. The lowest BCUT2D eigenvalue weighted by atomic mass is 10.2. The van der Waals surface area contributed by atoms with Gasteiger partial charge in [-0.2, -0.15) is 5.10 Å². The van der Waals surface area contributed by atoms with E-state index >= 15 is 0 Å². The zero-order chi connectivity index (χ0) is 12.4. The van der Waals surface area contributed by atoms with E-state index in [4.69, 9.17) is 0 Å². The summed E-state index contributed by atoms with van der Waals surface area (Å²) in [4.78, 5) is 10.6. The first-order valence-corrected chi connectivity index (χ1v) is 5.23. The molecule has 88 valence electrons. The fraction of sp³-hybridized carbons (Fsp3) is 0.250. The van der Waals surface area contributed by atoms with Gasteiger partial charge in [-0.3, -0.25) is 4.68 Å². The Kier molecular flexibility index (Phi) is 2.99. The third-order valence-corrected chi connectivity index (χ3v) is 2.66. The van der Waals surface area contributed by atoms with E-state index in [2.05, 4.69) is 10.3 Å². The van der Waals surface area contributed by atoms with Gasteiger partial charge in [-0.15, -0.1) is 4.91 Å². The Morgan fingerprint density at radius 3 is 2.76 bits per heavy atom. The molecule has 0 atom stereocenters. The maximum absolute atomic E-state index is 13.0. The Hall–Kier alpha value is -2.04. The van der Waals surface area contributed by atoms with E-state index < -0.39 is 0 Å². The maximum Gasteiger partial charge on any atom is 0.151 e. The number of nitrogens with zero attached hydrogens (tertiary/aromatic N) is 3. The second-order valence-electron chi connectivity index (χ2n) is 3.90. The van der Waals surface area contributed by atoms with E-state index in [0.717, 1.165) is 5.56 Å². The molecule has 2 aromatic rings. The molecule has 0 aliphatic rings. The molecule has 1 aromatic heterocycles. The van der Waals surface area contributed by atoms with E-state index in [1.807, 2.05) is 6.07 Å². The van der Waals surface area contributed by atoms with Crippen molar-refractivity contribution in [2.45, 2.75) is 20.4 Å². The highest BCUT2D eigenvalue weighted by molar-refractivity contribution is 5.46. The summed E-state index contributed by atoms with van der Waals surface area (Å²) in [6.07, 6.45) is 0. The number of rotatable bonds is 3. The van der Waals surface area contributed by atoms with Gasteiger partial charge in [0.05, 0.1) is 17.9 Å². The average molecular weight is 233 g/mol.